The molecular weight excluding hydrogens is 325 g/mol. The smallest absolute Gasteiger partial charge is 0.332 e. The fourth-order valence-corrected chi connectivity index (χ4v) is 3.98. The zero-order valence-electron chi connectivity index (χ0n) is 14.1. The number of nitrogens with one attached hydrogen (secondary N) is 1. The van der Waals surface area contributed by atoms with Crippen LogP contribution >= 0.6 is 0 Å². The fraction of sp³-hybridized carbons (Fsp3) is 0.529. The van der Waals surface area contributed by atoms with Gasteiger partial charge in [0.25, 0.3) is 5.56 Å². The zero-order valence-corrected chi connectivity index (χ0v) is 14.1. The molecule has 2 fully saturated rings. The molecule has 1 saturated carbocycles. The standard InChI is InChI=1S/C17H22FN5O2/c1-8-13(14(19)9-4-5-21-7-9)12(18)6-11-15(8)22(10-2-3-10)17(25)23(20)16(11)24/h6,9-10,14,21H,2-5,7,19-20H2,1H3/t9-,14-/m1/s1. The van der Waals surface area contributed by atoms with E-state index in [-0.39, 0.29) is 17.3 Å². The molecule has 8 heteroatoms. The van der Waals surface area contributed by atoms with Crippen LogP contribution in [-0.4, -0.2) is 22.3 Å². The summed E-state index contributed by atoms with van der Waals surface area (Å²) in [6.07, 6.45) is 2.56. The molecule has 134 valence electrons. The highest BCUT2D eigenvalue weighted by molar-refractivity contribution is 5.83. The number of hydrogen-bond donors (Lipinski definition) is 3. The van der Waals surface area contributed by atoms with Gasteiger partial charge in [-0.1, -0.05) is 0 Å². The Morgan fingerprint density at radius 1 is 1.32 bits per heavy atom. The molecule has 5 N–H and O–H groups in total. The lowest BCUT2D eigenvalue weighted by atomic mass is 9.89. The summed E-state index contributed by atoms with van der Waals surface area (Å²) in [5.41, 5.74) is 6.56. The number of aromatic nitrogens is 2. The van der Waals surface area contributed by atoms with E-state index in [0.29, 0.717) is 21.3 Å². The minimum Gasteiger partial charge on any atom is -0.332 e. The molecule has 0 amide bonds. The number of halogens is 1. The van der Waals surface area contributed by atoms with Crippen LogP contribution in [0, 0.1) is 18.7 Å². The van der Waals surface area contributed by atoms with Crippen molar-refractivity contribution in [2.24, 2.45) is 11.7 Å². The molecule has 1 aliphatic carbocycles. The first-order valence-electron chi connectivity index (χ1n) is 8.63. The van der Waals surface area contributed by atoms with Crippen molar-refractivity contribution >= 4 is 10.9 Å². The second kappa shape index (κ2) is 5.67. The third kappa shape index (κ3) is 2.39. The van der Waals surface area contributed by atoms with Crippen LogP contribution in [0.15, 0.2) is 15.7 Å². The summed E-state index contributed by atoms with van der Waals surface area (Å²) in [4.78, 5) is 24.9. The van der Waals surface area contributed by atoms with Gasteiger partial charge in [-0.2, -0.15) is 4.68 Å². The average molecular weight is 347 g/mol. The maximum atomic E-state index is 14.9. The molecule has 1 aromatic carbocycles. The van der Waals surface area contributed by atoms with Gasteiger partial charge < -0.3 is 16.9 Å². The van der Waals surface area contributed by atoms with Gasteiger partial charge in [0, 0.05) is 17.6 Å². The first-order chi connectivity index (χ1) is 11.9. The molecule has 2 aromatic rings. The number of nitrogen functional groups attached to an aromatic ring is 1. The molecule has 25 heavy (non-hydrogen) atoms. The van der Waals surface area contributed by atoms with Crippen molar-refractivity contribution < 1.29 is 4.39 Å². The molecule has 0 spiro atoms. The van der Waals surface area contributed by atoms with Gasteiger partial charge in [0.1, 0.15) is 5.82 Å². The van der Waals surface area contributed by atoms with Crippen molar-refractivity contribution in [2.75, 3.05) is 18.9 Å². The van der Waals surface area contributed by atoms with Gasteiger partial charge in [-0.05, 0) is 56.8 Å². The number of nitrogens with two attached hydrogens (primary N) is 2. The lowest BCUT2D eigenvalue weighted by Crippen LogP contribution is -2.44. The van der Waals surface area contributed by atoms with E-state index in [4.69, 9.17) is 11.6 Å². The molecule has 4 rings (SSSR count). The van der Waals surface area contributed by atoms with Crippen molar-refractivity contribution in [1.82, 2.24) is 14.6 Å². The lowest BCUT2D eigenvalue weighted by Gasteiger charge is -2.23. The van der Waals surface area contributed by atoms with Crippen molar-refractivity contribution in [2.45, 2.75) is 38.3 Å². The minimum atomic E-state index is -0.679. The quantitative estimate of drug-likeness (QED) is 0.691. The summed E-state index contributed by atoms with van der Waals surface area (Å²) in [6, 6.07) is 0.707. The number of aryl methyl sites for hydroxylation is 1. The van der Waals surface area contributed by atoms with Crippen LogP contribution in [0.1, 0.15) is 42.5 Å². The van der Waals surface area contributed by atoms with Crippen LogP contribution < -0.4 is 28.1 Å². The minimum absolute atomic E-state index is 0.00628. The van der Waals surface area contributed by atoms with E-state index in [9.17, 15) is 14.0 Å². The fourth-order valence-electron chi connectivity index (χ4n) is 3.98. The Balaban J connectivity index is 2.04. The van der Waals surface area contributed by atoms with Crippen molar-refractivity contribution in [3.8, 4) is 0 Å². The van der Waals surface area contributed by atoms with Crippen LogP contribution in [0.4, 0.5) is 4.39 Å². The maximum Gasteiger partial charge on any atom is 0.350 e. The largest absolute Gasteiger partial charge is 0.350 e. The van der Waals surface area contributed by atoms with E-state index < -0.39 is 23.1 Å². The molecule has 2 aliphatic rings. The Labute approximate surface area is 143 Å². The van der Waals surface area contributed by atoms with Gasteiger partial charge in [-0.15, -0.1) is 0 Å². The monoisotopic (exact) mass is 347 g/mol. The SMILES string of the molecule is Cc1c([C@H](N)[C@@H]2CCNC2)c(F)cc2c(=O)n(N)c(=O)n(C3CC3)c12. The molecular formula is C17H22FN5O2. The summed E-state index contributed by atoms with van der Waals surface area (Å²) < 4.78 is 17.0. The molecule has 1 saturated heterocycles. The highest BCUT2D eigenvalue weighted by Crippen LogP contribution is 2.38. The molecule has 1 aliphatic heterocycles. The number of rotatable bonds is 3. The molecule has 2 atom stereocenters. The first-order valence-corrected chi connectivity index (χ1v) is 8.63. The van der Waals surface area contributed by atoms with E-state index in [1.165, 1.54) is 10.6 Å². The maximum absolute atomic E-state index is 14.9. The summed E-state index contributed by atoms with van der Waals surface area (Å²) in [7, 11) is 0. The highest BCUT2D eigenvalue weighted by Gasteiger charge is 2.32. The van der Waals surface area contributed by atoms with Crippen LogP contribution in [0.2, 0.25) is 0 Å². The van der Waals surface area contributed by atoms with Crippen molar-refractivity contribution in [1.29, 1.82) is 0 Å². The summed E-state index contributed by atoms with van der Waals surface area (Å²) in [6.45, 7) is 3.33. The Kier molecular flexibility index (Phi) is 3.69. The number of nitrogens with zero attached hydrogens (tertiary/aromatic N) is 2. The molecule has 0 radical (unpaired) electrons. The second-order valence-electron chi connectivity index (χ2n) is 7.13. The normalized spacial score (nSPS) is 21.8. The van der Waals surface area contributed by atoms with Gasteiger partial charge in [0.15, 0.2) is 0 Å². The predicted octanol–water partition coefficient (Wildman–Crippen LogP) is 0.269. The van der Waals surface area contributed by atoms with Gasteiger partial charge in [-0.3, -0.25) is 9.36 Å². The van der Waals surface area contributed by atoms with Crippen LogP contribution in [0.3, 0.4) is 0 Å². The Bertz CT molecular complexity index is 970. The predicted molar refractivity (Wildman–Crippen MR) is 93.5 cm³/mol. The topological polar surface area (TPSA) is 108 Å². The highest BCUT2D eigenvalue weighted by atomic mass is 19.1. The van der Waals surface area contributed by atoms with Gasteiger partial charge >= 0.3 is 5.69 Å². The summed E-state index contributed by atoms with van der Waals surface area (Å²) >= 11 is 0. The van der Waals surface area contributed by atoms with Crippen LogP contribution in [0.25, 0.3) is 10.9 Å². The number of hydrogen-bond acceptors (Lipinski definition) is 5. The van der Waals surface area contributed by atoms with E-state index in [0.717, 1.165) is 32.4 Å². The van der Waals surface area contributed by atoms with Crippen molar-refractivity contribution in [3.63, 3.8) is 0 Å². The van der Waals surface area contributed by atoms with E-state index >= 15 is 0 Å². The molecule has 0 bridgehead atoms. The van der Waals surface area contributed by atoms with Crippen LogP contribution in [-0.2, 0) is 0 Å². The Morgan fingerprint density at radius 3 is 2.64 bits per heavy atom. The molecule has 7 nitrogen and oxygen atoms in total. The Hall–Kier alpha value is -2.19. The number of fused-ring (bicyclic) bond motifs is 1. The Morgan fingerprint density at radius 2 is 2.04 bits per heavy atom. The molecule has 1 aromatic heterocycles. The molecule has 2 heterocycles. The molecule has 0 unspecified atom stereocenters. The van der Waals surface area contributed by atoms with E-state index in [2.05, 4.69) is 5.32 Å². The van der Waals surface area contributed by atoms with E-state index in [1.54, 1.807) is 6.92 Å². The zero-order chi connectivity index (χ0) is 17.9. The van der Waals surface area contributed by atoms with Gasteiger partial charge in [0.2, 0.25) is 0 Å². The second-order valence-corrected chi connectivity index (χ2v) is 7.13. The van der Waals surface area contributed by atoms with E-state index in [1.807, 2.05) is 0 Å². The van der Waals surface area contributed by atoms with Gasteiger partial charge in [-0.25, -0.2) is 9.18 Å². The third-order valence-corrected chi connectivity index (χ3v) is 5.50. The summed E-state index contributed by atoms with van der Waals surface area (Å²) in [5, 5.41) is 3.37. The van der Waals surface area contributed by atoms with Gasteiger partial charge in [0.05, 0.1) is 10.9 Å². The average Bonchev–Trinajstić information content (AvgIpc) is 3.26. The third-order valence-electron chi connectivity index (χ3n) is 5.50. The summed E-state index contributed by atoms with van der Waals surface area (Å²) in [5.74, 6) is 5.24. The lowest BCUT2D eigenvalue weighted by molar-refractivity contribution is 0.449. The van der Waals surface area contributed by atoms with Crippen molar-refractivity contribution in [3.05, 3.63) is 43.8 Å². The first kappa shape index (κ1) is 16.3. The number of benzene rings is 1. The van der Waals surface area contributed by atoms with Crippen LogP contribution in [0.5, 0.6) is 0 Å².